The van der Waals surface area contributed by atoms with Crippen LogP contribution >= 0.6 is 11.6 Å². The number of esters is 1. The monoisotopic (exact) mass is 1960 g/mol. The second kappa shape index (κ2) is 40.2. The van der Waals surface area contributed by atoms with Gasteiger partial charge in [-0.05, 0) is 211 Å². The van der Waals surface area contributed by atoms with E-state index >= 15 is 0 Å². The number of ether oxygens (including phenoxy) is 2. The Morgan fingerprint density at radius 1 is 0.338 bits per heavy atom. The van der Waals surface area contributed by atoms with Crippen molar-refractivity contribution in [3.05, 3.63) is 322 Å². The van der Waals surface area contributed by atoms with Gasteiger partial charge in [-0.1, -0.05) is 41.9 Å². The van der Waals surface area contributed by atoms with Crippen LogP contribution in [0.3, 0.4) is 0 Å². The summed E-state index contributed by atoms with van der Waals surface area (Å²) in [6.07, 6.45) is -4.83. The molecule has 0 aliphatic heterocycles. The number of aryl methyl sites for hydroxylation is 6. The molecule has 0 bridgehead atoms. The molecular weight excluding hydrogens is 1890 g/mol. The van der Waals surface area contributed by atoms with E-state index in [1.165, 1.54) is 116 Å². The summed E-state index contributed by atoms with van der Waals surface area (Å²) in [6.45, 7) is 10.5. The molecule has 0 amide bonds. The number of carbonyl (C=O) groups excluding carboxylic acids is 1. The minimum absolute atomic E-state index is 0.0234. The van der Waals surface area contributed by atoms with Crippen molar-refractivity contribution in [3.8, 4) is 41.6 Å². The second-order valence-electron chi connectivity index (χ2n) is 30.7. The molecule has 10 aromatic carbocycles. The molecule has 0 fully saturated rings. The lowest BCUT2D eigenvalue weighted by atomic mass is 10.2. The number of nitrogens with two attached hydrogens (primary N) is 5. The number of para-hydroxylation sites is 2. The molecule has 0 unspecified atom stereocenters. The van der Waals surface area contributed by atoms with Gasteiger partial charge in [0.15, 0.2) is 58.2 Å². The van der Waals surface area contributed by atoms with Crippen molar-refractivity contribution in [1.29, 1.82) is 5.26 Å². The summed E-state index contributed by atoms with van der Waals surface area (Å²) in [6, 6.07) is 57.5. The quantitative estimate of drug-likeness (QED) is 0.0299. The Kier molecular flexibility index (Phi) is 27.3. The zero-order valence-corrected chi connectivity index (χ0v) is 75.5. The highest BCUT2D eigenvalue weighted by atomic mass is 35.5. The Morgan fingerprint density at radius 3 is 0.951 bits per heavy atom. The van der Waals surface area contributed by atoms with E-state index in [4.69, 9.17) is 45.5 Å². The molecule has 15 N–H and O–H groups in total. The number of methoxy groups -OCH3 is 1. The number of hydrogen-bond acceptors (Lipinski definition) is 29. The maximum atomic E-state index is 14.6. The number of hydrogen-bond donors (Lipinski definition) is 10. The van der Waals surface area contributed by atoms with Crippen LogP contribution < -0.4 is 60.0 Å². The van der Waals surface area contributed by atoms with Crippen LogP contribution in [-0.4, -0.2) is 117 Å². The average Bonchev–Trinajstić information content (AvgIpc) is 1.62. The topological polar surface area (TPSA) is 468 Å². The van der Waals surface area contributed by atoms with Gasteiger partial charge in [-0.2, -0.15) is 77.1 Å². The molecule has 0 atom stereocenters. The highest BCUT2D eigenvalue weighted by molar-refractivity contribution is 6.30. The summed E-state index contributed by atoms with van der Waals surface area (Å²) < 4.78 is 180. The Balaban J connectivity index is 0.000000128. The Morgan fingerprint density at radius 2 is 0.634 bits per heavy atom. The fraction of sp³-hybridized carbons (Fsp3) is 0.0842. The molecule has 34 nitrogen and oxygen atoms in total. The maximum absolute atomic E-state index is 14.6. The molecule has 0 radical (unpaired) electrons. The van der Waals surface area contributed by atoms with Crippen molar-refractivity contribution in [2.75, 3.05) is 62.4 Å². The van der Waals surface area contributed by atoms with Gasteiger partial charge in [0.2, 0.25) is 58.8 Å². The summed E-state index contributed by atoms with van der Waals surface area (Å²) in [7, 11) is 1.28. The minimum Gasteiger partial charge on any atom is -0.465 e. The SMILES string of the molecule is COC(=O)c1ccc(Nc2nc(-n3c(C)nc4ccc(F)cc43)nc(N)c2F)cc1.Cc1cccc(Nc2nc(-n3c(C)nc4ccccc43)nc(N)c2F)c1.Cc1nc2ccc(F)cc2n1-c1nc(N)c(F)c(Nc2ccc(C#N)cc2)n1.Cc1nc2ccc(F)cc2n1-c1nc(N)c(F)c(Nc2ccc(OC(F)(F)F)cc2)n1.Cc1nc2ccc(F)cc2n1-c1nc(N)c(F)c(Nc2cccc(Cl)c2)n1. The van der Waals surface area contributed by atoms with Crippen LogP contribution in [0.2, 0.25) is 5.02 Å². The fourth-order valence-corrected chi connectivity index (χ4v) is 14.6. The number of nitrogens with one attached hydrogen (secondary N) is 5. The number of halogens is 13. The molecule has 20 rings (SSSR count). The van der Waals surface area contributed by atoms with Gasteiger partial charge < -0.3 is 64.7 Å². The molecule has 10 heterocycles. The predicted molar refractivity (Wildman–Crippen MR) is 510 cm³/mol. The summed E-state index contributed by atoms with van der Waals surface area (Å²) in [5, 5.41) is 23.4. The van der Waals surface area contributed by atoms with Crippen LogP contribution in [-0.2, 0) is 4.74 Å². The van der Waals surface area contributed by atoms with E-state index in [0.29, 0.717) is 106 Å². The molecule has 0 saturated heterocycles. The Labute approximate surface area is 798 Å². The number of rotatable bonds is 17. The van der Waals surface area contributed by atoms with Crippen molar-refractivity contribution in [2.45, 2.75) is 47.9 Å². The molecule has 47 heteroatoms. The van der Waals surface area contributed by atoms with Crippen molar-refractivity contribution >= 4 is 159 Å². The molecule has 142 heavy (non-hydrogen) atoms. The van der Waals surface area contributed by atoms with Crippen LogP contribution in [0.5, 0.6) is 5.75 Å². The van der Waals surface area contributed by atoms with Gasteiger partial charge in [0.25, 0.3) is 0 Å². The number of fused-ring (bicyclic) bond motifs is 5. The predicted octanol–water partition coefficient (Wildman–Crippen LogP) is 20.0. The van der Waals surface area contributed by atoms with E-state index in [1.807, 2.05) is 68.4 Å². The molecule has 0 spiro atoms. The van der Waals surface area contributed by atoms with Crippen LogP contribution in [0, 0.1) is 105 Å². The Bertz CT molecular complexity index is 8310. The summed E-state index contributed by atoms with van der Waals surface area (Å²) in [5.41, 5.74) is 38.4. The largest absolute Gasteiger partial charge is 0.573 e. The van der Waals surface area contributed by atoms with Gasteiger partial charge in [-0.15, -0.1) is 13.2 Å². The first kappa shape index (κ1) is 96.3. The van der Waals surface area contributed by atoms with Crippen LogP contribution in [0.1, 0.15) is 50.6 Å². The normalized spacial score (nSPS) is 11.1. The number of nitrogen functional groups attached to an aromatic ring is 5. The average molecular weight is 1960 g/mol. The highest BCUT2D eigenvalue weighted by Gasteiger charge is 2.32. The molecule has 716 valence electrons. The van der Waals surface area contributed by atoms with Gasteiger partial charge in [0.05, 0.1) is 79.5 Å². The van der Waals surface area contributed by atoms with Crippen molar-refractivity contribution in [3.63, 3.8) is 0 Å². The number of nitrogens with zero attached hydrogens (tertiary/aromatic N) is 21. The zero-order chi connectivity index (χ0) is 101. The van der Waals surface area contributed by atoms with Crippen molar-refractivity contribution in [2.24, 2.45) is 0 Å². The molecular formula is C95H72ClF12N31O3. The number of nitriles is 1. The fourth-order valence-electron chi connectivity index (χ4n) is 14.4. The minimum atomic E-state index is -4.83. The summed E-state index contributed by atoms with van der Waals surface area (Å²) in [4.78, 5) is 74.5. The summed E-state index contributed by atoms with van der Waals surface area (Å²) >= 11 is 5.96. The van der Waals surface area contributed by atoms with Crippen molar-refractivity contribution < 1.29 is 67.0 Å². The molecule has 0 aliphatic rings. The van der Waals surface area contributed by atoms with E-state index in [2.05, 4.69) is 111 Å². The van der Waals surface area contributed by atoms with Gasteiger partial charge in [0.1, 0.15) is 58.1 Å². The number of imidazole rings is 5. The molecule has 0 aliphatic carbocycles. The first-order valence-electron chi connectivity index (χ1n) is 41.8. The highest BCUT2D eigenvalue weighted by Crippen LogP contribution is 2.36. The first-order valence-corrected chi connectivity index (χ1v) is 42.2. The van der Waals surface area contributed by atoms with Crippen LogP contribution in [0.15, 0.2) is 218 Å². The molecule has 10 aromatic heterocycles. The van der Waals surface area contributed by atoms with Gasteiger partial charge in [0, 0.05) is 57.7 Å². The number of alkyl halides is 3. The van der Waals surface area contributed by atoms with Crippen LogP contribution in [0.4, 0.5) is 139 Å². The van der Waals surface area contributed by atoms with Gasteiger partial charge in [-0.3, -0.25) is 22.8 Å². The second-order valence-corrected chi connectivity index (χ2v) is 31.1. The number of anilines is 15. The lowest BCUT2D eigenvalue weighted by molar-refractivity contribution is -0.274. The standard InChI is InChI=1S/C20H16F2N6O2.C19H13F5N6O.C19H13F2N7.C19H17FN6.C18H13ClF2N6/c1-10-24-14-8-5-12(21)9-15(14)28(10)20-26-17(23)16(22)18(27-20)25-13-6-3-11(4-7-13)19(29)30-2;1-9-26-13-7-2-10(20)8-14(13)30(9)18-28-16(25)15(21)17(29-18)27-11-3-5-12(6-4-11)31-19(22,23)24;1-10-24-14-7-4-12(20)8-15(14)28(10)19-26-17(23)16(21)18(27-19)25-13-5-2-11(9-22)3-6-13;1-11-6-5-7-13(10-11)23-18-16(20)17(21)24-19(25-18)26-12(2)22-14-8-3-4-9-15(14)26;1-9-23-13-6-5-11(20)8-14(13)27(9)18-25-16(22)15(21)17(26-18)24-12-4-2-3-10(19)7-12/h3-9H,1-2H3,(H3,23,25,26,27);2-8H,1H3,(H3,25,27,28,29);2-8H,1H3,(H3,23,25,26,27);3-10H,1-2H3,(H3,21,23,24,25);2-8H,1H3,(H3,22,24,25,26). The van der Waals surface area contributed by atoms with E-state index in [9.17, 15) is 57.5 Å². The third-order valence-electron chi connectivity index (χ3n) is 20.8. The third-order valence-corrected chi connectivity index (χ3v) is 21.0. The lowest BCUT2D eigenvalue weighted by Crippen LogP contribution is -2.17. The van der Waals surface area contributed by atoms with E-state index in [-0.39, 0.29) is 87.8 Å². The molecule has 20 aromatic rings. The number of benzene rings is 10. The molecule has 0 saturated carbocycles. The van der Waals surface area contributed by atoms with E-state index in [1.54, 1.807) is 99.0 Å². The van der Waals surface area contributed by atoms with Gasteiger partial charge >= 0.3 is 12.3 Å². The van der Waals surface area contributed by atoms with Crippen molar-refractivity contribution in [1.82, 2.24) is 97.6 Å². The van der Waals surface area contributed by atoms with Gasteiger partial charge in [-0.25, -0.2) is 47.3 Å². The lowest BCUT2D eigenvalue weighted by Gasteiger charge is -2.13. The smallest absolute Gasteiger partial charge is 0.465 e. The number of carbonyl (C=O) groups is 1. The third kappa shape index (κ3) is 21.2. The maximum Gasteiger partial charge on any atom is 0.573 e. The zero-order valence-electron chi connectivity index (χ0n) is 74.7. The summed E-state index contributed by atoms with van der Waals surface area (Å²) in [5.74, 6) is -6.48. The first-order chi connectivity index (χ1) is 67.9. The van der Waals surface area contributed by atoms with E-state index < -0.39 is 76.3 Å². The van der Waals surface area contributed by atoms with E-state index in [0.717, 1.165) is 34.4 Å². The number of aromatic nitrogens is 20. The Hall–Kier alpha value is -18.8. The van der Waals surface area contributed by atoms with Crippen LogP contribution in [0.25, 0.3) is 84.9 Å².